The molecule has 0 bridgehead atoms. The zero-order chi connectivity index (χ0) is 12.3. The lowest BCUT2D eigenvalue weighted by Gasteiger charge is -2.28. The van der Waals surface area contributed by atoms with Crippen molar-refractivity contribution in [3.8, 4) is 5.75 Å². The van der Waals surface area contributed by atoms with Crippen LogP contribution in [0.4, 0.5) is 4.39 Å². The van der Waals surface area contributed by atoms with E-state index in [4.69, 9.17) is 9.47 Å². The first kappa shape index (κ1) is 12.4. The molecule has 0 N–H and O–H groups in total. The fourth-order valence-corrected chi connectivity index (χ4v) is 2.31. The minimum Gasteiger partial charge on any atom is -0.490 e. The van der Waals surface area contributed by atoms with Crippen molar-refractivity contribution in [3.05, 3.63) is 29.6 Å². The first-order valence-electron chi connectivity index (χ1n) is 6.14. The molecule has 2 unspecified atom stereocenters. The number of hydrogen-bond acceptors (Lipinski definition) is 2. The number of methoxy groups -OCH3 is 1. The third-order valence-electron chi connectivity index (χ3n) is 3.34. The van der Waals surface area contributed by atoms with Crippen molar-refractivity contribution in [1.82, 2.24) is 0 Å². The van der Waals surface area contributed by atoms with Gasteiger partial charge in [-0.25, -0.2) is 4.39 Å². The highest BCUT2D eigenvalue weighted by Crippen LogP contribution is 2.26. The van der Waals surface area contributed by atoms with E-state index in [0.29, 0.717) is 11.7 Å². The van der Waals surface area contributed by atoms with Crippen molar-refractivity contribution >= 4 is 0 Å². The summed E-state index contributed by atoms with van der Waals surface area (Å²) < 4.78 is 24.4. The molecule has 2 nitrogen and oxygen atoms in total. The van der Waals surface area contributed by atoms with Gasteiger partial charge in [-0.2, -0.15) is 0 Å². The molecule has 2 atom stereocenters. The molecule has 0 spiro atoms. The van der Waals surface area contributed by atoms with E-state index in [9.17, 15) is 4.39 Å². The minimum atomic E-state index is -0.184. The van der Waals surface area contributed by atoms with Crippen molar-refractivity contribution in [2.45, 2.75) is 44.8 Å². The third-order valence-corrected chi connectivity index (χ3v) is 3.34. The Labute approximate surface area is 102 Å². The van der Waals surface area contributed by atoms with Crippen molar-refractivity contribution < 1.29 is 13.9 Å². The van der Waals surface area contributed by atoms with Gasteiger partial charge in [-0.3, -0.25) is 0 Å². The molecule has 1 aliphatic carbocycles. The summed E-state index contributed by atoms with van der Waals surface area (Å²) in [5.74, 6) is 0.571. The minimum absolute atomic E-state index is 0.184. The van der Waals surface area contributed by atoms with Crippen molar-refractivity contribution in [2.24, 2.45) is 0 Å². The Kier molecular flexibility index (Phi) is 4.00. The van der Waals surface area contributed by atoms with Crippen LogP contribution in [-0.2, 0) is 4.74 Å². The molecule has 1 saturated carbocycles. The van der Waals surface area contributed by atoms with E-state index in [0.717, 1.165) is 31.4 Å². The van der Waals surface area contributed by atoms with Gasteiger partial charge in [0.25, 0.3) is 0 Å². The molecule has 0 aromatic heterocycles. The molecule has 0 aliphatic heterocycles. The summed E-state index contributed by atoms with van der Waals surface area (Å²) in [5.41, 5.74) is 0.626. The van der Waals surface area contributed by atoms with Gasteiger partial charge in [0.15, 0.2) is 0 Å². The number of benzene rings is 1. The summed E-state index contributed by atoms with van der Waals surface area (Å²) in [5, 5.41) is 0. The van der Waals surface area contributed by atoms with Crippen molar-refractivity contribution in [2.75, 3.05) is 7.11 Å². The molecule has 0 amide bonds. The molecule has 1 aromatic rings. The number of rotatable bonds is 3. The van der Waals surface area contributed by atoms with Crippen LogP contribution in [0.25, 0.3) is 0 Å². The van der Waals surface area contributed by atoms with E-state index in [1.54, 1.807) is 26.2 Å². The van der Waals surface area contributed by atoms with Crippen LogP contribution in [0.15, 0.2) is 18.2 Å². The van der Waals surface area contributed by atoms with E-state index in [-0.39, 0.29) is 11.9 Å². The second-order valence-corrected chi connectivity index (χ2v) is 4.68. The van der Waals surface area contributed by atoms with Crippen LogP contribution in [0.1, 0.15) is 31.2 Å². The quantitative estimate of drug-likeness (QED) is 0.802. The van der Waals surface area contributed by atoms with Gasteiger partial charge in [-0.15, -0.1) is 0 Å². The molecule has 3 heteroatoms. The van der Waals surface area contributed by atoms with Gasteiger partial charge in [0, 0.05) is 13.5 Å². The maximum Gasteiger partial charge on any atom is 0.126 e. The van der Waals surface area contributed by atoms with E-state index in [1.807, 2.05) is 0 Å². The van der Waals surface area contributed by atoms with Crippen LogP contribution in [0.3, 0.4) is 0 Å². The summed E-state index contributed by atoms with van der Waals surface area (Å²) in [6.45, 7) is 1.75. The summed E-state index contributed by atoms with van der Waals surface area (Å²) >= 11 is 0. The average Bonchev–Trinajstić information content (AvgIpc) is 2.34. The van der Waals surface area contributed by atoms with Crippen LogP contribution in [-0.4, -0.2) is 19.3 Å². The van der Waals surface area contributed by atoms with Gasteiger partial charge in [-0.1, -0.05) is 0 Å². The molecule has 1 aliphatic rings. The lowest BCUT2D eigenvalue weighted by molar-refractivity contribution is 0.0209. The number of aryl methyl sites for hydroxylation is 1. The van der Waals surface area contributed by atoms with Gasteiger partial charge in [0.05, 0.1) is 6.10 Å². The molecule has 0 heterocycles. The molecular weight excluding hydrogens is 219 g/mol. The molecule has 17 heavy (non-hydrogen) atoms. The highest BCUT2D eigenvalue weighted by molar-refractivity contribution is 5.29. The predicted octanol–water partition coefficient (Wildman–Crippen LogP) is 3.47. The monoisotopic (exact) mass is 238 g/mol. The van der Waals surface area contributed by atoms with Crippen LogP contribution in [0.2, 0.25) is 0 Å². The molecule has 0 saturated heterocycles. The summed E-state index contributed by atoms with van der Waals surface area (Å²) in [7, 11) is 1.75. The first-order valence-corrected chi connectivity index (χ1v) is 6.14. The molecule has 94 valence electrons. The summed E-state index contributed by atoms with van der Waals surface area (Å²) in [6, 6.07) is 4.91. The highest BCUT2D eigenvalue weighted by Gasteiger charge is 2.23. The lowest BCUT2D eigenvalue weighted by atomic mass is 9.95. The Hall–Kier alpha value is -1.09. The van der Waals surface area contributed by atoms with Gasteiger partial charge in [0.1, 0.15) is 17.7 Å². The van der Waals surface area contributed by atoms with Crippen LogP contribution in [0.5, 0.6) is 5.75 Å². The number of halogens is 1. The standard InChI is InChI=1S/C14H19FO2/c1-10-8-13(6-7-14(10)15)17-12-5-3-4-11(9-12)16-2/h6-8,11-12H,3-5,9H2,1-2H3. The molecule has 0 radical (unpaired) electrons. The molecule has 1 aromatic carbocycles. The summed E-state index contributed by atoms with van der Waals surface area (Å²) in [6.07, 6.45) is 4.71. The number of ether oxygens (including phenoxy) is 2. The lowest BCUT2D eigenvalue weighted by Crippen LogP contribution is -2.29. The zero-order valence-electron chi connectivity index (χ0n) is 10.4. The SMILES string of the molecule is COC1CCCC(Oc2ccc(F)c(C)c2)C1. The Morgan fingerprint density at radius 1 is 1.24 bits per heavy atom. The van der Waals surface area contributed by atoms with Crippen LogP contribution >= 0.6 is 0 Å². The fourth-order valence-electron chi connectivity index (χ4n) is 2.31. The normalized spacial score (nSPS) is 24.6. The Morgan fingerprint density at radius 3 is 2.71 bits per heavy atom. The Bertz CT molecular complexity index is 378. The molecular formula is C14H19FO2. The second-order valence-electron chi connectivity index (χ2n) is 4.68. The van der Waals surface area contributed by atoms with Gasteiger partial charge < -0.3 is 9.47 Å². The first-order chi connectivity index (χ1) is 8.19. The van der Waals surface area contributed by atoms with Gasteiger partial charge >= 0.3 is 0 Å². The van der Waals surface area contributed by atoms with E-state index in [1.165, 1.54) is 6.07 Å². The van der Waals surface area contributed by atoms with E-state index >= 15 is 0 Å². The third kappa shape index (κ3) is 3.19. The molecule has 1 fully saturated rings. The van der Waals surface area contributed by atoms with Gasteiger partial charge in [0.2, 0.25) is 0 Å². The zero-order valence-corrected chi connectivity index (χ0v) is 10.4. The largest absolute Gasteiger partial charge is 0.490 e. The molecule has 2 rings (SSSR count). The second kappa shape index (κ2) is 5.50. The average molecular weight is 238 g/mol. The highest BCUT2D eigenvalue weighted by atomic mass is 19.1. The maximum absolute atomic E-state index is 13.1. The maximum atomic E-state index is 13.1. The predicted molar refractivity (Wildman–Crippen MR) is 64.8 cm³/mol. The summed E-state index contributed by atoms with van der Waals surface area (Å²) in [4.78, 5) is 0. The van der Waals surface area contributed by atoms with Crippen molar-refractivity contribution in [1.29, 1.82) is 0 Å². The fraction of sp³-hybridized carbons (Fsp3) is 0.571. The van der Waals surface area contributed by atoms with E-state index in [2.05, 4.69) is 0 Å². The van der Waals surface area contributed by atoms with Crippen LogP contribution < -0.4 is 4.74 Å². The topological polar surface area (TPSA) is 18.5 Å². The van der Waals surface area contributed by atoms with Crippen molar-refractivity contribution in [3.63, 3.8) is 0 Å². The Morgan fingerprint density at radius 2 is 2.00 bits per heavy atom. The Balaban J connectivity index is 1.97. The van der Waals surface area contributed by atoms with Gasteiger partial charge in [-0.05, 0) is 49.9 Å². The number of hydrogen-bond donors (Lipinski definition) is 0. The van der Waals surface area contributed by atoms with Crippen LogP contribution in [0, 0.1) is 12.7 Å². The smallest absolute Gasteiger partial charge is 0.126 e. The van der Waals surface area contributed by atoms with E-state index < -0.39 is 0 Å².